The van der Waals surface area contributed by atoms with Crippen LogP contribution >= 0.6 is 11.6 Å². The summed E-state index contributed by atoms with van der Waals surface area (Å²) in [5.41, 5.74) is -1.91. The smallest absolute Gasteiger partial charge is 0.270 e. The highest BCUT2D eigenvalue weighted by molar-refractivity contribution is 6.29. The highest BCUT2D eigenvalue weighted by Crippen LogP contribution is 1.95. The lowest BCUT2D eigenvalue weighted by Gasteiger charge is -2.01. The Morgan fingerprint density at radius 2 is 2.40 bits per heavy atom. The molecule has 1 unspecified atom stereocenters. The summed E-state index contributed by atoms with van der Waals surface area (Å²) in [4.78, 5) is 10.4. The molecule has 0 saturated carbocycles. The van der Waals surface area contributed by atoms with Gasteiger partial charge in [0.2, 0.25) is 0 Å². The zero-order chi connectivity index (χ0) is 7.98. The van der Waals surface area contributed by atoms with Gasteiger partial charge < -0.3 is 5.32 Å². The Hall–Kier alpha value is -0.310. The van der Waals surface area contributed by atoms with Gasteiger partial charge >= 0.3 is 0 Å². The highest BCUT2D eigenvalue weighted by Gasteiger charge is 2.10. The van der Waals surface area contributed by atoms with E-state index in [-0.39, 0.29) is 0 Å². The second-order valence-corrected chi connectivity index (χ2v) is 2.33. The van der Waals surface area contributed by atoms with E-state index in [0.717, 1.165) is 12.8 Å². The molecule has 1 amide bonds. The Balaban J connectivity index is 3.22. The SMILES string of the molecule is CCCCNC(=O)C(F)Cl. The van der Waals surface area contributed by atoms with Crippen molar-refractivity contribution in [2.45, 2.75) is 25.4 Å². The van der Waals surface area contributed by atoms with E-state index < -0.39 is 11.5 Å². The molecule has 0 radical (unpaired) electrons. The van der Waals surface area contributed by atoms with Gasteiger partial charge in [-0.25, -0.2) is 4.39 Å². The van der Waals surface area contributed by atoms with Crippen molar-refractivity contribution in [2.24, 2.45) is 0 Å². The Morgan fingerprint density at radius 1 is 1.80 bits per heavy atom. The fraction of sp³-hybridized carbons (Fsp3) is 0.833. The largest absolute Gasteiger partial charge is 0.352 e. The molecular formula is C6H11ClFNO. The first-order chi connectivity index (χ1) is 4.68. The van der Waals surface area contributed by atoms with E-state index in [2.05, 4.69) is 5.32 Å². The van der Waals surface area contributed by atoms with Crippen molar-refractivity contribution in [3.63, 3.8) is 0 Å². The van der Waals surface area contributed by atoms with Crippen molar-refractivity contribution < 1.29 is 9.18 Å². The minimum absolute atomic E-state index is 0.502. The molecule has 0 aromatic carbocycles. The van der Waals surface area contributed by atoms with Crippen molar-refractivity contribution in [2.75, 3.05) is 6.54 Å². The van der Waals surface area contributed by atoms with Crippen LogP contribution in [0.15, 0.2) is 0 Å². The van der Waals surface area contributed by atoms with Gasteiger partial charge in [0.1, 0.15) is 0 Å². The van der Waals surface area contributed by atoms with Crippen molar-refractivity contribution in [1.82, 2.24) is 5.32 Å². The van der Waals surface area contributed by atoms with Crippen molar-refractivity contribution in [1.29, 1.82) is 0 Å². The molecule has 4 heteroatoms. The summed E-state index contributed by atoms with van der Waals surface area (Å²) in [5.74, 6) is -0.741. The number of hydrogen-bond acceptors (Lipinski definition) is 1. The summed E-state index contributed by atoms with van der Waals surface area (Å²) in [5, 5.41) is 2.34. The molecule has 1 atom stereocenters. The van der Waals surface area contributed by atoms with Crippen LogP contribution in [0.25, 0.3) is 0 Å². The van der Waals surface area contributed by atoms with Crippen LogP contribution in [0.2, 0.25) is 0 Å². The standard InChI is InChI=1S/C6H11ClFNO/c1-2-3-4-9-6(10)5(7)8/h5H,2-4H2,1H3,(H,9,10). The molecule has 0 fully saturated rings. The molecule has 1 N–H and O–H groups in total. The molecule has 0 bridgehead atoms. The number of alkyl halides is 2. The molecule has 0 aromatic heterocycles. The third-order valence-corrected chi connectivity index (χ3v) is 1.23. The topological polar surface area (TPSA) is 29.1 Å². The van der Waals surface area contributed by atoms with Gasteiger partial charge in [-0.05, 0) is 6.42 Å². The molecule has 0 saturated heterocycles. The van der Waals surface area contributed by atoms with Crippen LogP contribution in [0.3, 0.4) is 0 Å². The average molecular weight is 168 g/mol. The summed E-state index contributed by atoms with van der Waals surface area (Å²) >= 11 is 4.83. The number of nitrogens with one attached hydrogen (secondary N) is 1. The van der Waals surface area contributed by atoms with Gasteiger partial charge in [-0.3, -0.25) is 4.79 Å². The lowest BCUT2D eigenvalue weighted by atomic mass is 10.3. The predicted octanol–water partition coefficient (Wildman–Crippen LogP) is 1.44. The molecule has 0 aliphatic rings. The Labute approximate surface area is 64.7 Å². The summed E-state index contributed by atoms with van der Waals surface area (Å²) < 4.78 is 11.9. The number of carbonyl (C=O) groups excluding carboxylic acids is 1. The van der Waals surface area contributed by atoms with E-state index in [4.69, 9.17) is 11.6 Å². The highest BCUT2D eigenvalue weighted by atomic mass is 35.5. The molecule has 10 heavy (non-hydrogen) atoms. The summed E-state index contributed by atoms with van der Waals surface area (Å²) in [6.45, 7) is 2.49. The number of hydrogen-bond donors (Lipinski definition) is 1. The second kappa shape index (κ2) is 5.47. The fourth-order valence-corrected chi connectivity index (χ4v) is 0.543. The number of amides is 1. The maximum absolute atomic E-state index is 11.9. The number of unbranched alkanes of at least 4 members (excludes halogenated alkanes) is 1. The Morgan fingerprint density at radius 3 is 2.80 bits per heavy atom. The quantitative estimate of drug-likeness (QED) is 0.498. The van der Waals surface area contributed by atoms with Gasteiger partial charge in [-0.1, -0.05) is 24.9 Å². The summed E-state index contributed by atoms with van der Waals surface area (Å²) in [7, 11) is 0. The molecular weight excluding hydrogens is 157 g/mol. The van der Waals surface area contributed by atoms with Crippen LogP contribution in [0.1, 0.15) is 19.8 Å². The summed E-state index contributed by atoms with van der Waals surface area (Å²) in [6, 6.07) is 0. The number of carbonyl (C=O) groups is 1. The van der Waals surface area contributed by atoms with E-state index in [1.807, 2.05) is 6.92 Å². The Kier molecular flexibility index (Phi) is 5.30. The first-order valence-corrected chi connectivity index (χ1v) is 3.68. The minimum atomic E-state index is -1.91. The zero-order valence-electron chi connectivity index (χ0n) is 5.86. The third kappa shape index (κ3) is 4.56. The second-order valence-electron chi connectivity index (χ2n) is 1.95. The number of rotatable bonds is 4. The van der Waals surface area contributed by atoms with Crippen LogP contribution < -0.4 is 5.32 Å². The normalized spacial score (nSPS) is 12.7. The molecule has 0 spiro atoms. The van der Waals surface area contributed by atoms with Crippen molar-refractivity contribution in [3.05, 3.63) is 0 Å². The zero-order valence-corrected chi connectivity index (χ0v) is 6.62. The van der Waals surface area contributed by atoms with E-state index in [0.29, 0.717) is 6.54 Å². The fourth-order valence-electron chi connectivity index (χ4n) is 0.466. The molecule has 0 heterocycles. The Bertz CT molecular complexity index is 108. The lowest BCUT2D eigenvalue weighted by Crippen LogP contribution is -2.29. The van der Waals surface area contributed by atoms with Crippen LogP contribution in [-0.2, 0) is 4.79 Å². The van der Waals surface area contributed by atoms with Gasteiger partial charge in [-0.2, -0.15) is 0 Å². The summed E-state index contributed by atoms with van der Waals surface area (Å²) in [6.07, 6.45) is 1.83. The average Bonchev–Trinajstić information content (AvgIpc) is 1.88. The van der Waals surface area contributed by atoms with E-state index in [1.165, 1.54) is 0 Å². The van der Waals surface area contributed by atoms with Crippen LogP contribution in [-0.4, -0.2) is 18.1 Å². The van der Waals surface area contributed by atoms with Gasteiger partial charge in [-0.15, -0.1) is 0 Å². The van der Waals surface area contributed by atoms with E-state index >= 15 is 0 Å². The van der Waals surface area contributed by atoms with Crippen molar-refractivity contribution in [3.8, 4) is 0 Å². The van der Waals surface area contributed by atoms with Gasteiger partial charge in [0.25, 0.3) is 11.5 Å². The first kappa shape index (κ1) is 9.69. The van der Waals surface area contributed by atoms with Gasteiger partial charge in [0.05, 0.1) is 0 Å². The van der Waals surface area contributed by atoms with Crippen LogP contribution in [0.4, 0.5) is 4.39 Å². The van der Waals surface area contributed by atoms with E-state index in [9.17, 15) is 9.18 Å². The molecule has 0 aliphatic heterocycles. The monoisotopic (exact) mass is 167 g/mol. The molecule has 0 aromatic rings. The van der Waals surface area contributed by atoms with Gasteiger partial charge in [0.15, 0.2) is 0 Å². The third-order valence-electron chi connectivity index (χ3n) is 1.03. The van der Waals surface area contributed by atoms with Crippen LogP contribution in [0, 0.1) is 0 Å². The van der Waals surface area contributed by atoms with Gasteiger partial charge in [0, 0.05) is 6.54 Å². The minimum Gasteiger partial charge on any atom is -0.352 e. The molecule has 60 valence electrons. The number of halogens is 2. The lowest BCUT2D eigenvalue weighted by molar-refractivity contribution is -0.123. The molecule has 0 rings (SSSR count). The van der Waals surface area contributed by atoms with Crippen LogP contribution in [0.5, 0.6) is 0 Å². The van der Waals surface area contributed by atoms with Crippen molar-refractivity contribution >= 4 is 17.5 Å². The molecule has 0 aliphatic carbocycles. The van der Waals surface area contributed by atoms with E-state index in [1.54, 1.807) is 0 Å². The maximum Gasteiger partial charge on any atom is 0.270 e. The predicted molar refractivity (Wildman–Crippen MR) is 38.7 cm³/mol. The first-order valence-electron chi connectivity index (χ1n) is 3.24. The molecule has 2 nitrogen and oxygen atoms in total. The maximum atomic E-state index is 11.9.